The summed E-state index contributed by atoms with van der Waals surface area (Å²) in [7, 11) is 0. The average molecular weight is 212 g/mol. The van der Waals surface area contributed by atoms with Gasteiger partial charge in [0, 0.05) is 5.41 Å². The molecule has 0 spiro atoms. The molecule has 0 fully saturated rings. The molecule has 5 nitrogen and oxygen atoms in total. The van der Waals surface area contributed by atoms with Crippen molar-refractivity contribution in [2.24, 2.45) is 0 Å². The number of aromatic nitrogens is 2. The van der Waals surface area contributed by atoms with Gasteiger partial charge in [-0.15, -0.1) is 10.2 Å². The van der Waals surface area contributed by atoms with Crippen LogP contribution in [0.3, 0.4) is 0 Å². The van der Waals surface area contributed by atoms with Gasteiger partial charge in [-0.1, -0.05) is 20.8 Å². The van der Waals surface area contributed by atoms with Crippen LogP contribution in [-0.2, 0) is 21.4 Å². The summed E-state index contributed by atoms with van der Waals surface area (Å²) >= 11 is 0. The smallest absolute Gasteiger partial charge is 0.315 e. The maximum atomic E-state index is 11.1. The first-order valence-electron chi connectivity index (χ1n) is 4.92. The van der Waals surface area contributed by atoms with E-state index in [4.69, 9.17) is 9.15 Å². The SMILES string of the molecule is CCOC(=O)Cc1nnc(C(C)(C)C)o1. The third kappa shape index (κ3) is 3.34. The molecule has 1 aromatic rings. The lowest BCUT2D eigenvalue weighted by Crippen LogP contribution is -2.11. The van der Waals surface area contributed by atoms with Crippen molar-refractivity contribution in [3.8, 4) is 0 Å². The van der Waals surface area contributed by atoms with Crippen LogP contribution >= 0.6 is 0 Å². The van der Waals surface area contributed by atoms with Crippen molar-refractivity contribution in [1.82, 2.24) is 10.2 Å². The maximum absolute atomic E-state index is 11.1. The molecular formula is C10H16N2O3. The normalized spacial score (nSPS) is 11.5. The summed E-state index contributed by atoms with van der Waals surface area (Å²) in [5.41, 5.74) is -0.195. The second-order valence-electron chi connectivity index (χ2n) is 4.23. The van der Waals surface area contributed by atoms with E-state index in [-0.39, 0.29) is 17.8 Å². The Labute approximate surface area is 88.8 Å². The lowest BCUT2D eigenvalue weighted by Gasteiger charge is -2.10. The molecule has 1 aromatic heterocycles. The molecule has 15 heavy (non-hydrogen) atoms. The molecular weight excluding hydrogens is 196 g/mol. The van der Waals surface area contributed by atoms with Crippen LogP contribution in [0, 0.1) is 0 Å². The summed E-state index contributed by atoms with van der Waals surface area (Å²) in [6.07, 6.45) is 0.0386. The van der Waals surface area contributed by atoms with Crippen LogP contribution in [0.5, 0.6) is 0 Å². The first-order chi connectivity index (χ1) is 6.93. The predicted molar refractivity (Wildman–Crippen MR) is 53.3 cm³/mol. The van der Waals surface area contributed by atoms with Crippen molar-refractivity contribution in [3.05, 3.63) is 11.8 Å². The van der Waals surface area contributed by atoms with E-state index in [1.165, 1.54) is 0 Å². The molecule has 0 saturated carbocycles. The van der Waals surface area contributed by atoms with Gasteiger partial charge in [0.2, 0.25) is 11.8 Å². The molecule has 84 valence electrons. The molecule has 0 unspecified atom stereocenters. The zero-order valence-electron chi connectivity index (χ0n) is 9.53. The predicted octanol–water partition coefficient (Wildman–Crippen LogP) is 1.47. The average Bonchev–Trinajstić information content (AvgIpc) is 2.52. The number of rotatable bonds is 3. The largest absolute Gasteiger partial charge is 0.466 e. The van der Waals surface area contributed by atoms with Gasteiger partial charge in [-0.25, -0.2) is 0 Å². The minimum Gasteiger partial charge on any atom is -0.466 e. The lowest BCUT2D eigenvalue weighted by molar-refractivity contribution is -0.142. The van der Waals surface area contributed by atoms with Crippen LogP contribution in [0.15, 0.2) is 4.42 Å². The molecule has 1 rings (SSSR count). The number of ether oxygens (including phenoxy) is 1. The molecule has 0 radical (unpaired) electrons. The zero-order chi connectivity index (χ0) is 11.5. The molecule has 0 amide bonds. The van der Waals surface area contributed by atoms with E-state index in [2.05, 4.69) is 10.2 Å². The Hall–Kier alpha value is -1.39. The van der Waals surface area contributed by atoms with Crippen LogP contribution in [-0.4, -0.2) is 22.8 Å². The Kier molecular flexibility index (Phi) is 3.44. The van der Waals surface area contributed by atoms with Gasteiger partial charge < -0.3 is 9.15 Å². The van der Waals surface area contributed by atoms with Gasteiger partial charge in [-0.3, -0.25) is 4.79 Å². The third-order valence-electron chi connectivity index (χ3n) is 1.71. The first-order valence-corrected chi connectivity index (χ1v) is 4.92. The Bertz CT molecular complexity index is 339. The summed E-state index contributed by atoms with van der Waals surface area (Å²) in [4.78, 5) is 11.1. The van der Waals surface area contributed by atoms with Crippen LogP contribution in [0.4, 0.5) is 0 Å². The van der Waals surface area contributed by atoms with Crippen LogP contribution in [0.1, 0.15) is 39.5 Å². The van der Waals surface area contributed by atoms with Crippen LogP contribution in [0.25, 0.3) is 0 Å². The highest BCUT2D eigenvalue weighted by Crippen LogP contribution is 2.20. The maximum Gasteiger partial charge on any atom is 0.315 e. The Morgan fingerprint density at radius 1 is 1.40 bits per heavy atom. The number of carbonyl (C=O) groups is 1. The minimum absolute atomic E-state index is 0.0386. The number of nitrogens with zero attached hydrogens (tertiary/aromatic N) is 2. The van der Waals surface area contributed by atoms with Gasteiger partial charge in [0.15, 0.2) is 0 Å². The number of hydrogen-bond donors (Lipinski definition) is 0. The van der Waals surface area contributed by atoms with E-state index in [0.29, 0.717) is 18.4 Å². The monoisotopic (exact) mass is 212 g/mol. The minimum atomic E-state index is -0.346. The highest BCUT2D eigenvalue weighted by Gasteiger charge is 2.22. The van der Waals surface area contributed by atoms with Gasteiger partial charge in [0.1, 0.15) is 6.42 Å². The number of carbonyl (C=O) groups excluding carboxylic acids is 1. The van der Waals surface area contributed by atoms with Crippen molar-refractivity contribution in [2.45, 2.75) is 39.5 Å². The van der Waals surface area contributed by atoms with Crippen molar-refractivity contribution < 1.29 is 13.9 Å². The molecule has 0 bridgehead atoms. The van der Waals surface area contributed by atoms with Gasteiger partial charge in [0.05, 0.1) is 6.61 Å². The summed E-state index contributed by atoms with van der Waals surface area (Å²) in [5, 5.41) is 7.66. The van der Waals surface area contributed by atoms with E-state index in [1.807, 2.05) is 20.8 Å². The fraction of sp³-hybridized carbons (Fsp3) is 0.700. The molecule has 0 aromatic carbocycles. The van der Waals surface area contributed by atoms with E-state index < -0.39 is 0 Å². The standard InChI is InChI=1S/C10H16N2O3/c1-5-14-8(13)6-7-11-12-9(15-7)10(2,3)4/h5-6H2,1-4H3. The number of hydrogen-bond acceptors (Lipinski definition) is 5. The van der Waals surface area contributed by atoms with E-state index in [9.17, 15) is 4.79 Å². The van der Waals surface area contributed by atoms with E-state index >= 15 is 0 Å². The zero-order valence-corrected chi connectivity index (χ0v) is 9.53. The highest BCUT2D eigenvalue weighted by molar-refractivity contribution is 5.71. The first kappa shape index (κ1) is 11.7. The topological polar surface area (TPSA) is 65.2 Å². The summed E-state index contributed by atoms with van der Waals surface area (Å²) < 4.78 is 10.1. The van der Waals surface area contributed by atoms with Crippen molar-refractivity contribution in [3.63, 3.8) is 0 Å². The lowest BCUT2D eigenvalue weighted by atomic mass is 9.97. The van der Waals surface area contributed by atoms with Gasteiger partial charge in [-0.05, 0) is 6.92 Å². The molecule has 1 heterocycles. The molecule has 0 aliphatic carbocycles. The highest BCUT2D eigenvalue weighted by atomic mass is 16.5. The molecule has 5 heteroatoms. The van der Waals surface area contributed by atoms with Crippen molar-refractivity contribution >= 4 is 5.97 Å². The molecule has 0 atom stereocenters. The van der Waals surface area contributed by atoms with Crippen LogP contribution < -0.4 is 0 Å². The second kappa shape index (κ2) is 4.42. The summed E-state index contributed by atoms with van der Waals surface area (Å²) in [6, 6.07) is 0. The molecule has 0 aliphatic heterocycles. The van der Waals surface area contributed by atoms with Gasteiger partial charge in [0.25, 0.3) is 0 Å². The quantitative estimate of drug-likeness (QED) is 0.710. The molecule has 0 saturated heterocycles. The van der Waals surface area contributed by atoms with Gasteiger partial charge in [-0.2, -0.15) is 0 Å². The Balaban J connectivity index is 2.65. The Morgan fingerprint density at radius 2 is 2.07 bits per heavy atom. The van der Waals surface area contributed by atoms with E-state index in [1.54, 1.807) is 6.92 Å². The van der Waals surface area contributed by atoms with E-state index in [0.717, 1.165) is 0 Å². The summed E-state index contributed by atoms with van der Waals surface area (Å²) in [5.74, 6) is 0.488. The van der Waals surface area contributed by atoms with Gasteiger partial charge >= 0.3 is 5.97 Å². The Morgan fingerprint density at radius 3 is 2.53 bits per heavy atom. The third-order valence-corrected chi connectivity index (χ3v) is 1.71. The van der Waals surface area contributed by atoms with Crippen LogP contribution in [0.2, 0.25) is 0 Å². The number of esters is 1. The fourth-order valence-electron chi connectivity index (χ4n) is 0.964. The molecule has 0 aliphatic rings. The summed E-state index contributed by atoms with van der Waals surface area (Å²) in [6.45, 7) is 8.02. The fourth-order valence-corrected chi connectivity index (χ4v) is 0.964. The second-order valence-corrected chi connectivity index (χ2v) is 4.23. The van der Waals surface area contributed by atoms with Crippen molar-refractivity contribution in [1.29, 1.82) is 0 Å². The van der Waals surface area contributed by atoms with Crippen molar-refractivity contribution in [2.75, 3.05) is 6.61 Å². The molecule has 0 N–H and O–H groups in total.